The minimum Gasteiger partial charge on any atom is -0.462 e. The highest BCUT2D eigenvalue weighted by Gasteiger charge is 2.26. The number of esters is 1. The van der Waals surface area contributed by atoms with Crippen molar-refractivity contribution in [3.05, 3.63) is 63.8 Å². The number of hydrogen-bond donors (Lipinski definition) is 2. The summed E-state index contributed by atoms with van der Waals surface area (Å²) in [5, 5.41) is 8.15. The number of anilines is 1. The number of nitrogens with one attached hydrogen (secondary N) is 1. The summed E-state index contributed by atoms with van der Waals surface area (Å²) in [6.45, 7) is 8.03. The minimum absolute atomic E-state index is 0.123. The number of primary amides is 1. The molecule has 180 valence electrons. The van der Waals surface area contributed by atoms with Crippen molar-refractivity contribution < 1.29 is 19.1 Å². The molecule has 0 aliphatic heterocycles. The normalized spacial score (nSPS) is 11.0. The zero-order chi connectivity index (χ0) is 25.3. The van der Waals surface area contributed by atoms with Gasteiger partial charge in [-0.05, 0) is 45.4 Å². The van der Waals surface area contributed by atoms with Gasteiger partial charge < -0.3 is 15.8 Å². The van der Waals surface area contributed by atoms with E-state index in [1.54, 1.807) is 19.9 Å². The second kappa shape index (κ2) is 9.67. The van der Waals surface area contributed by atoms with E-state index >= 15 is 0 Å². The minimum atomic E-state index is -0.682. The number of carbonyl (C=O) groups excluding carboxylic acids is 3. The second-order valence-electron chi connectivity index (χ2n) is 7.86. The molecule has 9 nitrogen and oxygen atoms in total. The Hall–Kier alpha value is -4.05. The van der Waals surface area contributed by atoms with Crippen molar-refractivity contribution in [3.8, 4) is 11.3 Å². The zero-order valence-corrected chi connectivity index (χ0v) is 20.7. The van der Waals surface area contributed by atoms with E-state index < -0.39 is 17.8 Å². The summed E-state index contributed by atoms with van der Waals surface area (Å²) in [6.07, 6.45) is 1.90. The lowest BCUT2D eigenvalue weighted by Crippen LogP contribution is -2.16. The summed E-state index contributed by atoms with van der Waals surface area (Å²) in [4.78, 5) is 43.0. The van der Waals surface area contributed by atoms with Crippen molar-refractivity contribution in [2.24, 2.45) is 5.73 Å². The first-order chi connectivity index (χ1) is 16.7. The molecule has 0 saturated carbocycles. The van der Waals surface area contributed by atoms with E-state index in [0.29, 0.717) is 34.3 Å². The molecule has 0 spiro atoms. The maximum absolute atomic E-state index is 13.6. The number of para-hydroxylation sites is 1. The van der Waals surface area contributed by atoms with Crippen molar-refractivity contribution in [2.45, 2.75) is 34.2 Å². The van der Waals surface area contributed by atoms with E-state index in [4.69, 9.17) is 15.5 Å². The van der Waals surface area contributed by atoms with Crippen LogP contribution in [0.15, 0.2) is 36.5 Å². The molecule has 0 atom stereocenters. The number of pyridine rings is 1. The lowest BCUT2D eigenvalue weighted by Gasteiger charge is -2.11. The molecule has 2 amide bonds. The van der Waals surface area contributed by atoms with E-state index in [9.17, 15) is 14.4 Å². The Bertz CT molecular complexity index is 1470. The van der Waals surface area contributed by atoms with E-state index in [2.05, 4.69) is 10.4 Å². The summed E-state index contributed by atoms with van der Waals surface area (Å²) in [7, 11) is 0. The number of hydrogen-bond acceptors (Lipinski definition) is 7. The third-order valence-electron chi connectivity index (χ3n) is 5.58. The highest BCUT2D eigenvalue weighted by molar-refractivity contribution is 7.18. The van der Waals surface area contributed by atoms with E-state index in [-0.39, 0.29) is 22.0 Å². The Balaban J connectivity index is 1.82. The molecule has 35 heavy (non-hydrogen) atoms. The summed E-state index contributed by atoms with van der Waals surface area (Å²) in [5.74, 6) is -1.77. The third-order valence-corrected chi connectivity index (χ3v) is 6.81. The Morgan fingerprint density at radius 3 is 2.57 bits per heavy atom. The molecule has 0 fully saturated rings. The number of amides is 2. The number of nitrogens with two attached hydrogens (primary N) is 1. The van der Waals surface area contributed by atoms with Crippen LogP contribution in [0.4, 0.5) is 5.00 Å². The van der Waals surface area contributed by atoms with Gasteiger partial charge in [-0.1, -0.05) is 18.2 Å². The van der Waals surface area contributed by atoms with Crippen LogP contribution in [0.5, 0.6) is 0 Å². The number of carbonyl (C=O) groups is 3. The number of ether oxygens (including phenoxy) is 1. The summed E-state index contributed by atoms with van der Waals surface area (Å²) >= 11 is 0.950. The van der Waals surface area contributed by atoms with Gasteiger partial charge in [0.25, 0.3) is 11.8 Å². The van der Waals surface area contributed by atoms with Crippen LogP contribution in [0.2, 0.25) is 0 Å². The standard InChI is InChI=1S/C25H25N5O4S/c1-5-30-12-17(14(4)29-30)19-11-16(15-9-7-8-10-18(15)27-19)23(32)28-24-20(25(33)34-6-2)13(3)21(35-24)22(26)31/h7-12H,5-6H2,1-4H3,(H2,26,31)(H,28,32). The van der Waals surface area contributed by atoms with Crippen LogP contribution < -0.4 is 11.1 Å². The fourth-order valence-corrected chi connectivity index (χ4v) is 4.93. The quantitative estimate of drug-likeness (QED) is 0.370. The van der Waals surface area contributed by atoms with Crippen molar-refractivity contribution >= 4 is 45.0 Å². The zero-order valence-electron chi connectivity index (χ0n) is 19.8. The molecule has 3 N–H and O–H groups in total. The summed E-state index contributed by atoms with van der Waals surface area (Å²) < 4.78 is 6.96. The molecule has 0 aliphatic rings. The van der Waals surface area contributed by atoms with Gasteiger partial charge in [-0.2, -0.15) is 5.10 Å². The molecule has 3 heterocycles. The average molecular weight is 492 g/mol. The summed E-state index contributed by atoms with van der Waals surface area (Å²) in [5.41, 5.74) is 9.23. The number of fused-ring (bicyclic) bond motifs is 1. The first-order valence-corrected chi connectivity index (χ1v) is 11.9. The molecule has 0 unspecified atom stereocenters. The molecule has 4 rings (SSSR count). The number of benzene rings is 1. The maximum atomic E-state index is 13.6. The first kappa shape index (κ1) is 24.1. The monoisotopic (exact) mass is 491 g/mol. The van der Waals surface area contributed by atoms with Crippen molar-refractivity contribution in [1.82, 2.24) is 14.8 Å². The highest BCUT2D eigenvalue weighted by Crippen LogP contribution is 2.35. The van der Waals surface area contributed by atoms with Gasteiger partial charge in [0.05, 0.1) is 39.5 Å². The van der Waals surface area contributed by atoms with Gasteiger partial charge in [-0.15, -0.1) is 11.3 Å². The van der Waals surface area contributed by atoms with Crippen LogP contribution in [0.25, 0.3) is 22.2 Å². The highest BCUT2D eigenvalue weighted by atomic mass is 32.1. The van der Waals surface area contributed by atoms with Gasteiger partial charge in [0.15, 0.2) is 0 Å². The first-order valence-electron chi connectivity index (χ1n) is 11.1. The van der Waals surface area contributed by atoms with Crippen molar-refractivity contribution in [3.63, 3.8) is 0 Å². The van der Waals surface area contributed by atoms with Crippen molar-refractivity contribution in [1.29, 1.82) is 0 Å². The predicted molar refractivity (Wildman–Crippen MR) is 135 cm³/mol. The lowest BCUT2D eigenvalue weighted by atomic mass is 10.0. The summed E-state index contributed by atoms with van der Waals surface area (Å²) in [6, 6.07) is 9.03. The third kappa shape index (κ3) is 4.52. The van der Waals surface area contributed by atoms with Gasteiger partial charge in [-0.3, -0.25) is 14.3 Å². The predicted octanol–water partition coefficient (Wildman–Crippen LogP) is 4.32. The molecule has 0 radical (unpaired) electrons. The molecule has 10 heteroatoms. The Morgan fingerprint density at radius 2 is 1.91 bits per heavy atom. The molecule has 1 aromatic carbocycles. The Morgan fingerprint density at radius 1 is 1.17 bits per heavy atom. The van der Waals surface area contributed by atoms with Crippen LogP contribution in [-0.2, 0) is 11.3 Å². The number of aryl methyl sites for hydroxylation is 2. The second-order valence-corrected chi connectivity index (χ2v) is 8.88. The van der Waals surface area contributed by atoms with Gasteiger partial charge >= 0.3 is 5.97 Å². The molecule has 3 aromatic heterocycles. The van der Waals surface area contributed by atoms with E-state index in [1.807, 2.05) is 49.0 Å². The smallest absolute Gasteiger partial charge is 0.341 e. The Labute approximate surface area is 205 Å². The number of thiophene rings is 1. The number of nitrogens with zero attached hydrogens (tertiary/aromatic N) is 3. The lowest BCUT2D eigenvalue weighted by molar-refractivity contribution is 0.0527. The SMILES string of the molecule is CCOC(=O)c1c(NC(=O)c2cc(-c3cn(CC)nc3C)nc3ccccc23)sc(C(N)=O)c1C. The van der Waals surface area contributed by atoms with Crippen LogP contribution in [0, 0.1) is 13.8 Å². The average Bonchev–Trinajstić information content (AvgIpc) is 3.37. The molecular weight excluding hydrogens is 466 g/mol. The largest absolute Gasteiger partial charge is 0.462 e. The molecule has 0 aliphatic carbocycles. The number of rotatable bonds is 7. The fraction of sp³-hybridized carbons (Fsp3) is 0.240. The maximum Gasteiger partial charge on any atom is 0.341 e. The Kier molecular flexibility index (Phi) is 6.65. The van der Waals surface area contributed by atoms with Gasteiger partial charge in [-0.25, -0.2) is 9.78 Å². The fourth-order valence-electron chi connectivity index (χ4n) is 3.89. The van der Waals surface area contributed by atoms with Gasteiger partial charge in [0, 0.05) is 23.7 Å². The molecule has 0 saturated heterocycles. The van der Waals surface area contributed by atoms with Crippen LogP contribution in [0.3, 0.4) is 0 Å². The molecule has 0 bridgehead atoms. The van der Waals surface area contributed by atoms with E-state index in [1.165, 1.54) is 0 Å². The number of aromatic nitrogens is 3. The van der Waals surface area contributed by atoms with Gasteiger partial charge in [0.1, 0.15) is 5.00 Å². The molecule has 4 aromatic rings. The molecular formula is C25H25N5O4S. The van der Waals surface area contributed by atoms with Crippen LogP contribution in [-0.4, -0.2) is 39.2 Å². The van der Waals surface area contributed by atoms with Crippen LogP contribution >= 0.6 is 11.3 Å². The van der Waals surface area contributed by atoms with Gasteiger partial charge in [0.2, 0.25) is 0 Å². The van der Waals surface area contributed by atoms with Crippen LogP contribution in [0.1, 0.15) is 55.5 Å². The topological polar surface area (TPSA) is 129 Å². The van der Waals surface area contributed by atoms with E-state index in [0.717, 1.165) is 22.6 Å². The van der Waals surface area contributed by atoms with Crippen molar-refractivity contribution in [2.75, 3.05) is 11.9 Å².